The van der Waals surface area contributed by atoms with Crippen molar-refractivity contribution in [3.63, 3.8) is 0 Å². The average molecular weight is 455 g/mol. The maximum Gasteiger partial charge on any atom is 0.437 e. The van der Waals surface area contributed by atoms with Crippen molar-refractivity contribution in [3.8, 4) is 22.9 Å². The van der Waals surface area contributed by atoms with Crippen LogP contribution in [0.2, 0.25) is 0 Å². The molecule has 33 heavy (non-hydrogen) atoms. The van der Waals surface area contributed by atoms with Crippen molar-refractivity contribution in [2.24, 2.45) is 0 Å². The Hall–Kier alpha value is -4.68. The van der Waals surface area contributed by atoms with E-state index in [0.717, 1.165) is 4.68 Å². The topological polar surface area (TPSA) is 156 Å². The second-order valence-corrected chi connectivity index (χ2v) is 6.72. The molecule has 0 spiro atoms. The fourth-order valence-electron chi connectivity index (χ4n) is 2.76. The Labute approximate surface area is 183 Å². The number of halogens is 1. The number of carbonyl (C=O) groups excluding carboxylic acids is 1. The fraction of sp³-hybridized carbons (Fsp3) is 0.150. The van der Waals surface area contributed by atoms with E-state index >= 15 is 0 Å². The van der Waals surface area contributed by atoms with Gasteiger partial charge in [-0.05, 0) is 43.3 Å². The lowest BCUT2D eigenvalue weighted by atomic mass is 10.2. The van der Waals surface area contributed by atoms with Crippen molar-refractivity contribution >= 4 is 11.7 Å². The van der Waals surface area contributed by atoms with E-state index in [2.05, 4.69) is 15.3 Å². The van der Waals surface area contributed by atoms with Gasteiger partial charge in [0.1, 0.15) is 12.4 Å². The van der Waals surface area contributed by atoms with Crippen molar-refractivity contribution in [1.29, 1.82) is 0 Å². The molecular formula is C20H14FN5O7. The van der Waals surface area contributed by atoms with Crippen LogP contribution in [0.5, 0.6) is 0 Å². The van der Waals surface area contributed by atoms with Crippen LogP contribution in [0.1, 0.15) is 18.9 Å². The third-order valence-electron chi connectivity index (χ3n) is 4.40. The number of nitro groups is 1. The van der Waals surface area contributed by atoms with E-state index in [4.69, 9.17) is 13.6 Å². The lowest BCUT2D eigenvalue weighted by Crippen LogP contribution is -2.23. The Bertz CT molecular complexity index is 1360. The third-order valence-corrected chi connectivity index (χ3v) is 4.40. The van der Waals surface area contributed by atoms with Crippen LogP contribution in [-0.2, 0) is 16.1 Å². The van der Waals surface area contributed by atoms with Crippen LogP contribution in [0.3, 0.4) is 0 Å². The summed E-state index contributed by atoms with van der Waals surface area (Å²) in [4.78, 5) is 34.4. The summed E-state index contributed by atoms with van der Waals surface area (Å²) in [5.41, 5.74) is 0.713. The van der Waals surface area contributed by atoms with E-state index in [9.17, 15) is 24.1 Å². The molecule has 0 fully saturated rings. The number of hydrogen-bond donors (Lipinski definition) is 0. The number of non-ortho nitro benzene ring substituents is 1. The molecule has 0 saturated heterocycles. The largest absolute Gasteiger partial charge is 0.451 e. The van der Waals surface area contributed by atoms with Crippen molar-refractivity contribution in [1.82, 2.24) is 20.0 Å². The summed E-state index contributed by atoms with van der Waals surface area (Å²) in [6.07, 6.45) is -0.948. The van der Waals surface area contributed by atoms with Gasteiger partial charge >= 0.3 is 11.7 Å². The Morgan fingerprint density at radius 1 is 1.09 bits per heavy atom. The number of rotatable bonds is 7. The minimum Gasteiger partial charge on any atom is -0.451 e. The van der Waals surface area contributed by atoms with E-state index in [-0.39, 0.29) is 23.4 Å². The molecule has 2 heterocycles. The number of carbonyl (C=O) groups is 1. The first kappa shape index (κ1) is 21.5. The first-order valence-electron chi connectivity index (χ1n) is 9.42. The molecule has 4 aromatic rings. The van der Waals surface area contributed by atoms with Gasteiger partial charge in [-0.2, -0.15) is 4.68 Å². The standard InChI is InChI=1S/C20H14FN5O7/c1-11(17-22-23-18(32-17)12-4-8-15(9-5-12)26(29)30)31-16(27)10-25-20(28)33-19(24-25)13-2-6-14(21)7-3-13/h2-9,11H,10H2,1H3/t11-/m0/s1. The molecule has 0 aliphatic heterocycles. The molecule has 2 aromatic heterocycles. The van der Waals surface area contributed by atoms with E-state index in [1.807, 2.05) is 0 Å². The van der Waals surface area contributed by atoms with Gasteiger partial charge in [-0.25, -0.2) is 9.18 Å². The SMILES string of the molecule is C[C@H](OC(=O)Cn1nc(-c2ccc(F)cc2)oc1=O)c1nnc(-c2ccc([N+](=O)[O-])cc2)o1. The first-order chi connectivity index (χ1) is 15.8. The van der Waals surface area contributed by atoms with Gasteiger partial charge in [0, 0.05) is 23.3 Å². The van der Waals surface area contributed by atoms with Crippen LogP contribution in [0, 0.1) is 15.9 Å². The summed E-state index contributed by atoms with van der Waals surface area (Å²) in [5, 5.41) is 22.3. The fourth-order valence-corrected chi connectivity index (χ4v) is 2.76. The molecule has 0 aliphatic rings. The summed E-state index contributed by atoms with van der Waals surface area (Å²) in [5.74, 6) is -2.19. The van der Waals surface area contributed by atoms with E-state index in [1.165, 1.54) is 55.5 Å². The van der Waals surface area contributed by atoms with Crippen molar-refractivity contribution in [2.45, 2.75) is 19.6 Å². The van der Waals surface area contributed by atoms with Crippen molar-refractivity contribution in [3.05, 3.63) is 80.9 Å². The van der Waals surface area contributed by atoms with Gasteiger partial charge in [0.15, 0.2) is 6.10 Å². The molecule has 2 aromatic carbocycles. The maximum atomic E-state index is 13.0. The zero-order chi connectivity index (χ0) is 23.5. The number of nitrogens with zero attached hydrogens (tertiary/aromatic N) is 5. The van der Waals surface area contributed by atoms with E-state index in [1.54, 1.807) is 0 Å². The highest BCUT2D eigenvalue weighted by Crippen LogP contribution is 2.24. The zero-order valence-corrected chi connectivity index (χ0v) is 16.9. The Kier molecular flexibility index (Phi) is 5.76. The highest BCUT2D eigenvalue weighted by molar-refractivity contribution is 5.69. The molecule has 0 N–H and O–H groups in total. The number of benzene rings is 2. The average Bonchev–Trinajstić information content (AvgIpc) is 3.42. The molecule has 0 bridgehead atoms. The molecule has 0 amide bonds. The number of esters is 1. The number of hydrogen-bond acceptors (Lipinski definition) is 10. The van der Waals surface area contributed by atoms with Crippen molar-refractivity contribution in [2.75, 3.05) is 0 Å². The molecular weight excluding hydrogens is 441 g/mol. The highest BCUT2D eigenvalue weighted by atomic mass is 19.1. The highest BCUT2D eigenvalue weighted by Gasteiger charge is 2.21. The van der Waals surface area contributed by atoms with Gasteiger partial charge < -0.3 is 13.6 Å². The summed E-state index contributed by atoms with van der Waals surface area (Å²) in [6.45, 7) is 0.942. The van der Waals surface area contributed by atoms with E-state index in [0.29, 0.717) is 11.1 Å². The lowest BCUT2D eigenvalue weighted by molar-refractivity contribution is -0.384. The Morgan fingerprint density at radius 2 is 1.73 bits per heavy atom. The van der Waals surface area contributed by atoms with E-state index < -0.39 is 35.1 Å². The number of nitro benzene ring substituents is 1. The summed E-state index contributed by atoms with van der Waals surface area (Å²) in [7, 11) is 0. The predicted molar refractivity (Wildman–Crippen MR) is 107 cm³/mol. The molecule has 4 rings (SSSR count). The zero-order valence-electron chi connectivity index (χ0n) is 16.9. The van der Waals surface area contributed by atoms with Crippen LogP contribution >= 0.6 is 0 Å². The molecule has 0 radical (unpaired) electrons. The van der Waals surface area contributed by atoms with Crippen LogP contribution in [0.4, 0.5) is 10.1 Å². The summed E-state index contributed by atoms with van der Waals surface area (Å²) >= 11 is 0. The Morgan fingerprint density at radius 3 is 2.39 bits per heavy atom. The first-order valence-corrected chi connectivity index (χ1v) is 9.42. The molecule has 0 unspecified atom stereocenters. The molecule has 0 aliphatic carbocycles. The minimum atomic E-state index is -0.948. The van der Waals surface area contributed by atoms with Gasteiger partial charge in [-0.1, -0.05) is 0 Å². The maximum absolute atomic E-state index is 13.0. The lowest BCUT2D eigenvalue weighted by Gasteiger charge is -2.08. The second kappa shape index (κ2) is 8.82. The summed E-state index contributed by atoms with van der Waals surface area (Å²) < 4.78 is 29.5. The van der Waals surface area contributed by atoms with Gasteiger partial charge in [-0.3, -0.25) is 14.9 Å². The van der Waals surface area contributed by atoms with Gasteiger partial charge in [0.05, 0.1) is 4.92 Å². The normalized spacial score (nSPS) is 11.8. The van der Waals surface area contributed by atoms with Gasteiger partial charge in [0.2, 0.25) is 11.8 Å². The molecule has 1 atom stereocenters. The second-order valence-electron chi connectivity index (χ2n) is 6.72. The molecule has 168 valence electrons. The van der Waals surface area contributed by atoms with Crippen LogP contribution in [0.15, 0.2) is 62.2 Å². The third kappa shape index (κ3) is 4.81. The minimum absolute atomic E-state index is 0.0174. The van der Waals surface area contributed by atoms with Crippen molar-refractivity contribution < 1.29 is 27.7 Å². The number of ether oxygens (including phenoxy) is 1. The smallest absolute Gasteiger partial charge is 0.437 e. The quantitative estimate of drug-likeness (QED) is 0.230. The predicted octanol–water partition coefficient (Wildman–Crippen LogP) is 2.91. The van der Waals surface area contributed by atoms with Crippen LogP contribution in [0.25, 0.3) is 22.9 Å². The van der Waals surface area contributed by atoms with Gasteiger partial charge in [-0.15, -0.1) is 15.3 Å². The summed E-state index contributed by atoms with van der Waals surface area (Å²) in [6, 6.07) is 10.6. The van der Waals surface area contributed by atoms with Crippen LogP contribution in [-0.4, -0.2) is 30.9 Å². The number of aromatic nitrogens is 4. The molecule has 13 heteroatoms. The molecule has 0 saturated carbocycles. The monoisotopic (exact) mass is 455 g/mol. The Balaban J connectivity index is 1.41. The van der Waals surface area contributed by atoms with Crippen LogP contribution < -0.4 is 5.76 Å². The van der Waals surface area contributed by atoms with Gasteiger partial charge in [0.25, 0.3) is 11.6 Å². The molecule has 12 nitrogen and oxygen atoms in total.